The van der Waals surface area contributed by atoms with E-state index in [1.165, 1.54) is 0 Å². The van der Waals surface area contributed by atoms with E-state index in [-0.39, 0.29) is 11.6 Å². The predicted octanol–water partition coefficient (Wildman–Crippen LogP) is 3.19. The van der Waals surface area contributed by atoms with Crippen molar-refractivity contribution in [2.75, 3.05) is 19.8 Å². The second-order valence-corrected chi connectivity index (χ2v) is 7.40. The van der Waals surface area contributed by atoms with Crippen molar-refractivity contribution in [3.8, 4) is 0 Å². The molecule has 20 heavy (non-hydrogen) atoms. The van der Waals surface area contributed by atoms with Crippen molar-refractivity contribution in [2.45, 2.75) is 30.9 Å². The minimum absolute atomic E-state index is 0.0705. The molecule has 2 saturated heterocycles. The molecule has 3 unspecified atom stereocenters. The average Bonchev–Trinajstić information content (AvgIpc) is 2.86. The summed E-state index contributed by atoms with van der Waals surface area (Å²) in [7, 11) is 0. The van der Waals surface area contributed by atoms with Crippen LogP contribution in [-0.2, 0) is 9.47 Å². The van der Waals surface area contributed by atoms with Crippen LogP contribution in [0.2, 0.25) is 0 Å². The molecule has 0 amide bonds. The van der Waals surface area contributed by atoms with Gasteiger partial charge in [-0.3, -0.25) is 4.98 Å². The Morgan fingerprint density at radius 1 is 1.40 bits per heavy atom. The molecule has 2 aliphatic heterocycles. The molecule has 1 aromatic rings. The summed E-state index contributed by atoms with van der Waals surface area (Å²) in [5.41, 5.74) is 7.28. The van der Waals surface area contributed by atoms with Crippen molar-refractivity contribution in [1.82, 2.24) is 4.98 Å². The summed E-state index contributed by atoms with van der Waals surface area (Å²) in [6, 6.07) is 1.93. The molecule has 0 aliphatic carbocycles. The molecule has 3 atom stereocenters. The zero-order chi connectivity index (χ0) is 14.2. The molecule has 1 aromatic heterocycles. The van der Waals surface area contributed by atoms with E-state index in [1.807, 2.05) is 6.07 Å². The summed E-state index contributed by atoms with van der Waals surface area (Å²) < 4.78 is 13.4. The normalized spacial score (nSPS) is 31.6. The molecule has 0 radical (unpaired) electrons. The van der Waals surface area contributed by atoms with Crippen LogP contribution in [-0.4, -0.2) is 30.4 Å². The molecule has 2 N–H and O–H groups in total. The van der Waals surface area contributed by atoms with Crippen molar-refractivity contribution in [3.63, 3.8) is 0 Å². The van der Waals surface area contributed by atoms with Gasteiger partial charge in [0.1, 0.15) is 0 Å². The van der Waals surface area contributed by atoms with Gasteiger partial charge in [0.15, 0.2) is 0 Å². The number of ether oxygens (including phenoxy) is 2. The lowest BCUT2D eigenvalue weighted by Crippen LogP contribution is -2.43. The van der Waals surface area contributed by atoms with Crippen LogP contribution in [0.15, 0.2) is 21.2 Å². The predicted molar refractivity (Wildman–Crippen MR) is 83.4 cm³/mol. The van der Waals surface area contributed by atoms with E-state index >= 15 is 0 Å². The first-order valence-corrected chi connectivity index (χ1v) is 8.46. The van der Waals surface area contributed by atoms with Gasteiger partial charge in [-0.15, -0.1) is 0 Å². The zero-order valence-electron chi connectivity index (χ0n) is 11.1. The van der Waals surface area contributed by atoms with Crippen LogP contribution in [0.4, 0.5) is 0 Å². The van der Waals surface area contributed by atoms with Crippen LogP contribution < -0.4 is 5.73 Å². The van der Waals surface area contributed by atoms with Crippen LogP contribution in [0.5, 0.6) is 0 Å². The first-order valence-electron chi connectivity index (χ1n) is 6.88. The Morgan fingerprint density at radius 3 is 2.95 bits per heavy atom. The summed E-state index contributed by atoms with van der Waals surface area (Å²) >= 11 is 6.98. The molecule has 3 heterocycles. The van der Waals surface area contributed by atoms with Gasteiger partial charge in [0, 0.05) is 34.8 Å². The Labute approximate surface area is 135 Å². The fourth-order valence-corrected chi connectivity index (χ4v) is 4.38. The summed E-state index contributed by atoms with van der Waals surface area (Å²) in [6.07, 6.45) is 4.71. The highest BCUT2D eigenvalue weighted by atomic mass is 79.9. The minimum atomic E-state index is -0.109. The zero-order valence-corrected chi connectivity index (χ0v) is 14.3. The first kappa shape index (κ1) is 14.9. The van der Waals surface area contributed by atoms with Gasteiger partial charge in [-0.2, -0.15) is 0 Å². The fourth-order valence-electron chi connectivity index (χ4n) is 3.13. The molecule has 2 fully saturated rings. The quantitative estimate of drug-likeness (QED) is 0.820. The highest BCUT2D eigenvalue weighted by molar-refractivity contribution is 9.11. The van der Waals surface area contributed by atoms with E-state index in [0.29, 0.717) is 12.5 Å². The molecule has 110 valence electrons. The van der Waals surface area contributed by atoms with E-state index in [2.05, 4.69) is 36.8 Å². The summed E-state index contributed by atoms with van der Waals surface area (Å²) in [6.45, 7) is 2.25. The monoisotopic (exact) mass is 404 g/mol. The minimum Gasteiger partial charge on any atom is -0.378 e. The van der Waals surface area contributed by atoms with E-state index in [1.54, 1.807) is 6.20 Å². The van der Waals surface area contributed by atoms with Crippen LogP contribution in [0.1, 0.15) is 31.0 Å². The maximum atomic E-state index is 6.47. The van der Waals surface area contributed by atoms with Gasteiger partial charge < -0.3 is 15.2 Å². The van der Waals surface area contributed by atoms with Gasteiger partial charge in [0.05, 0.1) is 23.9 Å². The third-order valence-electron chi connectivity index (χ3n) is 4.26. The Bertz CT molecular complexity index is 492. The third-order valence-corrected chi connectivity index (χ3v) is 5.33. The maximum absolute atomic E-state index is 6.47. The summed E-state index contributed by atoms with van der Waals surface area (Å²) in [5, 5.41) is 0. The number of rotatable bonds is 2. The largest absolute Gasteiger partial charge is 0.378 e. The third kappa shape index (κ3) is 2.95. The molecule has 1 spiro atoms. The van der Waals surface area contributed by atoms with Gasteiger partial charge in [-0.25, -0.2) is 0 Å². The first-order chi connectivity index (χ1) is 9.60. The van der Waals surface area contributed by atoms with Crippen molar-refractivity contribution in [1.29, 1.82) is 0 Å². The van der Waals surface area contributed by atoms with Crippen LogP contribution in [0.3, 0.4) is 0 Å². The number of hydrogen-bond acceptors (Lipinski definition) is 4. The molecule has 0 bridgehead atoms. The Morgan fingerprint density at radius 2 is 2.25 bits per heavy atom. The number of halogens is 2. The Hall–Kier alpha value is -0.0100. The van der Waals surface area contributed by atoms with Gasteiger partial charge in [0.2, 0.25) is 0 Å². The lowest BCUT2D eigenvalue weighted by molar-refractivity contribution is -0.101. The molecular weight excluding hydrogens is 388 g/mol. The highest BCUT2D eigenvalue weighted by Crippen LogP contribution is 2.41. The van der Waals surface area contributed by atoms with E-state index < -0.39 is 0 Å². The topological polar surface area (TPSA) is 57.4 Å². The average molecular weight is 406 g/mol. The molecule has 2 aliphatic rings. The molecule has 0 aromatic carbocycles. The van der Waals surface area contributed by atoms with Gasteiger partial charge in [0.25, 0.3) is 0 Å². The van der Waals surface area contributed by atoms with E-state index in [4.69, 9.17) is 15.2 Å². The number of hydrogen-bond donors (Lipinski definition) is 1. The SMILES string of the molecule is NC(c1ncc(Br)cc1Br)C1CCOC2(CCOC2)C1. The number of nitrogens with zero attached hydrogens (tertiary/aromatic N) is 1. The number of nitrogens with two attached hydrogens (primary N) is 1. The number of pyridine rings is 1. The number of aromatic nitrogens is 1. The molecule has 6 heteroatoms. The van der Waals surface area contributed by atoms with Gasteiger partial charge in [-0.1, -0.05) is 0 Å². The van der Waals surface area contributed by atoms with Crippen molar-refractivity contribution in [3.05, 3.63) is 26.9 Å². The molecule has 0 saturated carbocycles. The highest BCUT2D eigenvalue weighted by Gasteiger charge is 2.43. The lowest BCUT2D eigenvalue weighted by atomic mass is 9.80. The second kappa shape index (κ2) is 6.01. The smallest absolute Gasteiger partial charge is 0.0940 e. The Kier molecular flexibility index (Phi) is 4.48. The van der Waals surface area contributed by atoms with Gasteiger partial charge >= 0.3 is 0 Å². The maximum Gasteiger partial charge on any atom is 0.0940 e. The fraction of sp³-hybridized carbons (Fsp3) is 0.643. The van der Waals surface area contributed by atoms with E-state index in [9.17, 15) is 0 Å². The second-order valence-electron chi connectivity index (χ2n) is 5.63. The van der Waals surface area contributed by atoms with Crippen LogP contribution >= 0.6 is 31.9 Å². The van der Waals surface area contributed by atoms with Gasteiger partial charge in [-0.05, 0) is 56.7 Å². The summed E-state index contributed by atoms with van der Waals surface area (Å²) in [4.78, 5) is 4.48. The summed E-state index contributed by atoms with van der Waals surface area (Å²) in [5.74, 6) is 0.385. The van der Waals surface area contributed by atoms with Crippen molar-refractivity contribution >= 4 is 31.9 Å². The Balaban J connectivity index is 1.77. The van der Waals surface area contributed by atoms with E-state index in [0.717, 1.165) is 47.1 Å². The molecule has 4 nitrogen and oxygen atoms in total. The lowest BCUT2D eigenvalue weighted by Gasteiger charge is -2.39. The van der Waals surface area contributed by atoms with Crippen LogP contribution in [0.25, 0.3) is 0 Å². The van der Waals surface area contributed by atoms with Crippen LogP contribution in [0, 0.1) is 5.92 Å². The standard InChI is InChI=1S/C14H18Br2N2O2/c15-10-5-11(16)13(18-7-10)12(17)9-1-3-20-14(6-9)2-4-19-8-14/h5,7,9,12H,1-4,6,8,17H2. The van der Waals surface area contributed by atoms with Crippen molar-refractivity contribution in [2.24, 2.45) is 11.7 Å². The van der Waals surface area contributed by atoms with Crippen molar-refractivity contribution < 1.29 is 9.47 Å². The molecular formula is C14H18Br2N2O2. The molecule has 3 rings (SSSR count).